The second-order valence-corrected chi connectivity index (χ2v) is 4.11. The molecule has 0 amide bonds. The SMILES string of the molecule is Cn1ccn(Cc2cc(F)cc(C#N)c2)c(=O)c1=O. The number of benzene rings is 1. The van der Waals surface area contributed by atoms with Gasteiger partial charge in [0.2, 0.25) is 0 Å². The molecule has 0 saturated heterocycles. The van der Waals surface area contributed by atoms with Gasteiger partial charge in [0, 0.05) is 19.4 Å². The minimum Gasteiger partial charge on any atom is -0.312 e. The molecule has 1 aromatic carbocycles. The molecule has 19 heavy (non-hydrogen) atoms. The van der Waals surface area contributed by atoms with E-state index < -0.39 is 16.9 Å². The van der Waals surface area contributed by atoms with E-state index >= 15 is 0 Å². The molecule has 0 saturated carbocycles. The maximum atomic E-state index is 13.3. The number of hydrogen-bond donors (Lipinski definition) is 0. The first-order valence-corrected chi connectivity index (χ1v) is 5.47. The van der Waals surface area contributed by atoms with Crippen LogP contribution in [0, 0.1) is 17.1 Å². The number of rotatable bonds is 2. The van der Waals surface area contributed by atoms with Crippen LogP contribution in [0.4, 0.5) is 4.39 Å². The Bertz CT molecular complexity index is 784. The average Bonchev–Trinajstić information content (AvgIpc) is 2.39. The van der Waals surface area contributed by atoms with Gasteiger partial charge in [-0.25, -0.2) is 4.39 Å². The van der Waals surface area contributed by atoms with Gasteiger partial charge in [-0.1, -0.05) is 0 Å². The van der Waals surface area contributed by atoms with Crippen LogP contribution in [0.2, 0.25) is 0 Å². The molecule has 0 N–H and O–H groups in total. The first kappa shape index (κ1) is 12.8. The molecule has 0 atom stereocenters. The zero-order chi connectivity index (χ0) is 14.0. The van der Waals surface area contributed by atoms with E-state index in [1.165, 1.54) is 40.7 Å². The van der Waals surface area contributed by atoms with Crippen molar-refractivity contribution in [2.75, 3.05) is 0 Å². The monoisotopic (exact) mass is 259 g/mol. The van der Waals surface area contributed by atoms with Crippen LogP contribution in [0.1, 0.15) is 11.1 Å². The molecule has 2 aromatic rings. The van der Waals surface area contributed by atoms with Crippen LogP contribution in [-0.2, 0) is 13.6 Å². The van der Waals surface area contributed by atoms with E-state index in [2.05, 4.69) is 0 Å². The molecule has 0 fully saturated rings. The number of aryl methyl sites for hydroxylation is 1. The molecule has 0 radical (unpaired) electrons. The predicted molar refractivity (Wildman–Crippen MR) is 66.2 cm³/mol. The van der Waals surface area contributed by atoms with Crippen LogP contribution in [0.15, 0.2) is 40.2 Å². The third-order valence-electron chi connectivity index (χ3n) is 2.67. The number of nitriles is 1. The molecule has 0 spiro atoms. The van der Waals surface area contributed by atoms with Crippen molar-refractivity contribution in [3.63, 3.8) is 0 Å². The average molecular weight is 259 g/mol. The molecule has 0 aliphatic carbocycles. The van der Waals surface area contributed by atoms with Gasteiger partial charge in [0.1, 0.15) is 5.82 Å². The van der Waals surface area contributed by atoms with Gasteiger partial charge < -0.3 is 9.13 Å². The minimum absolute atomic E-state index is 0.0430. The van der Waals surface area contributed by atoms with Gasteiger partial charge in [-0.05, 0) is 23.8 Å². The van der Waals surface area contributed by atoms with Crippen molar-refractivity contribution in [1.82, 2.24) is 9.13 Å². The van der Waals surface area contributed by atoms with Gasteiger partial charge in [0.25, 0.3) is 0 Å². The molecule has 96 valence electrons. The van der Waals surface area contributed by atoms with Gasteiger partial charge in [0.15, 0.2) is 0 Å². The van der Waals surface area contributed by atoms with E-state index in [4.69, 9.17) is 5.26 Å². The highest BCUT2D eigenvalue weighted by Gasteiger charge is 2.05. The molecule has 0 bridgehead atoms. The first-order valence-electron chi connectivity index (χ1n) is 5.47. The Morgan fingerprint density at radius 3 is 2.63 bits per heavy atom. The van der Waals surface area contributed by atoms with E-state index in [0.29, 0.717) is 5.56 Å². The van der Waals surface area contributed by atoms with E-state index in [1.807, 2.05) is 6.07 Å². The lowest BCUT2D eigenvalue weighted by Crippen LogP contribution is -2.39. The molecular weight excluding hydrogens is 249 g/mol. The molecule has 1 aromatic heterocycles. The highest BCUT2D eigenvalue weighted by molar-refractivity contribution is 5.33. The molecule has 5 nitrogen and oxygen atoms in total. The Kier molecular flexibility index (Phi) is 3.29. The summed E-state index contributed by atoms with van der Waals surface area (Å²) in [6, 6.07) is 5.65. The van der Waals surface area contributed by atoms with Crippen molar-refractivity contribution in [2.24, 2.45) is 7.05 Å². The number of aromatic nitrogens is 2. The number of halogens is 1. The van der Waals surface area contributed by atoms with Crippen LogP contribution >= 0.6 is 0 Å². The predicted octanol–water partition coefficient (Wildman–Crippen LogP) is 0.606. The van der Waals surface area contributed by atoms with Crippen molar-refractivity contribution in [3.8, 4) is 6.07 Å². The molecule has 6 heteroatoms. The first-order chi connectivity index (χ1) is 9.01. The normalized spacial score (nSPS) is 10.2. The Labute approximate surface area is 107 Å². The zero-order valence-electron chi connectivity index (χ0n) is 10.1. The van der Waals surface area contributed by atoms with Crippen molar-refractivity contribution in [1.29, 1.82) is 5.26 Å². The second-order valence-electron chi connectivity index (χ2n) is 4.11. The minimum atomic E-state index is -0.687. The topological polar surface area (TPSA) is 67.8 Å². The van der Waals surface area contributed by atoms with Crippen LogP contribution in [-0.4, -0.2) is 9.13 Å². The van der Waals surface area contributed by atoms with Crippen molar-refractivity contribution in [2.45, 2.75) is 6.54 Å². The van der Waals surface area contributed by atoms with Gasteiger partial charge >= 0.3 is 11.1 Å². The maximum Gasteiger partial charge on any atom is 0.316 e. The lowest BCUT2D eigenvalue weighted by atomic mass is 10.1. The summed E-state index contributed by atoms with van der Waals surface area (Å²) in [7, 11) is 1.48. The van der Waals surface area contributed by atoms with Crippen molar-refractivity contribution >= 4 is 0 Å². The molecule has 0 aliphatic rings. The van der Waals surface area contributed by atoms with Gasteiger partial charge in [-0.2, -0.15) is 5.26 Å². The molecule has 0 aliphatic heterocycles. The summed E-state index contributed by atoms with van der Waals surface area (Å²) < 4.78 is 15.6. The van der Waals surface area contributed by atoms with E-state index in [0.717, 1.165) is 6.07 Å². The Balaban J connectivity index is 2.46. The van der Waals surface area contributed by atoms with E-state index in [-0.39, 0.29) is 12.1 Å². The Hall–Kier alpha value is -2.68. The summed E-state index contributed by atoms with van der Waals surface area (Å²) >= 11 is 0. The summed E-state index contributed by atoms with van der Waals surface area (Å²) in [4.78, 5) is 23.2. The lowest BCUT2D eigenvalue weighted by molar-refractivity contribution is 0.620. The summed E-state index contributed by atoms with van der Waals surface area (Å²) in [6.45, 7) is 0.0430. The van der Waals surface area contributed by atoms with Crippen LogP contribution < -0.4 is 11.1 Å². The third kappa shape index (κ3) is 2.60. The molecule has 2 rings (SSSR count). The van der Waals surface area contributed by atoms with Crippen LogP contribution in [0.25, 0.3) is 0 Å². The summed E-state index contributed by atoms with van der Waals surface area (Å²) in [5.74, 6) is -0.550. The fourth-order valence-corrected chi connectivity index (χ4v) is 1.72. The Morgan fingerprint density at radius 1 is 1.21 bits per heavy atom. The van der Waals surface area contributed by atoms with E-state index in [9.17, 15) is 14.0 Å². The van der Waals surface area contributed by atoms with Crippen LogP contribution in [0.5, 0.6) is 0 Å². The smallest absolute Gasteiger partial charge is 0.312 e. The van der Waals surface area contributed by atoms with Crippen molar-refractivity contribution in [3.05, 3.63) is 68.2 Å². The highest BCUT2D eigenvalue weighted by atomic mass is 19.1. The molecular formula is C13H10FN3O2. The highest BCUT2D eigenvalue weighted by Crippen LogP contribution is 2.09. The number of hydrogen-bond acceptors (Lipinski definition) is 3. The fourth-order valence-electron chi connectivity index (χ4n) is 1.72. The van der Waals surface area contributed by atoms with Crippen molar-refractivity contribution < 1.29 is 4.39 Å². The summed E-state index contributed by atoms with van der Waals surface area (Å²) in [5.41, 5.74) is -0.717. The quantitative estimate of drug-likeness (QED) is 0.742. The summed E-state index contributed by atoms with van der Waals surface area (Å²) in [5, 5.41) is 8.75. The van der Waals surface area contributed by atoms with E-state index in [1.54, 1.807) is 0 Å². The third-order valence-corrected chi connectivity index (χ3v) is 2.67. The van der Waals surface area contributed by atoms with Gasteiger partial charge in [0.05, 0.1) is 18.2 Å². The van der Waals surface area contributed by atoms with Crippen LogP contribution in [0.3, 0.4) is 0 Å². The zero-order valence-corrected chi connectivity index (χ0v) is 10.1. The second kappa shape index (κ2) is 4.90. The molecule has 0 unspecified atom stereocenters. The summed E-state index contributed by atoms with van der Waals surface area (Å²) in [6.07, 6.45) is 2.90. The van der Waals surface area contributed by atoms with Gasteiger partial charge in [-0.15, -0.1) is 0 Å². The Morgan fingerprint density at radius 2 is 1.95 bits per heavy atom. The number of nitrogens with zero attached hydrogens (tertiary/aromatic N) is 3. The fraction of sp³-hybridized carbons (Fsp3) is 0.154. The maximum absolute atomic E-state index is 13.3. The molecule has 1 heterocycles. The standard InChI is InChI=1S/C13H10FN3O2/c1-16-2-3-17(13(19)12(16)18)8-10-4-9(7-15)5-11(14)6-10/h2-6H,8H2,1H3. The largest absolute Gasteiger partial charge is 0.316 e. The lowest BCUT2D eigenvalue weighted by Gasteiger charge is -2.07. The van der Waals surface area contributed by atoms with Gasteiger partial charge in [-0.3, -0.25) is 9.59 Å².